The summed E-state index contributed by atoms with van der Waals surface area (Å²) in [6.45, 7) is 4.65. The fraction of sp³-hybridized carbons (Fsp3) is 0.400. The fourth-order valence-electron chi connectivity index (χ4n) is 2.37. The molecule has 0 radical (unpaired) electrons. The molecular weight excluding hydrogens is 236 g/mol. The molecule has 1 atom stereocenters. The van der Waals surface area contributed by atoms with E-state index < -0.39 is 0 Å². The highest BCUT2D eigenvalue weighted by Gasteiger charge is 2.17. The van der Waals surface area contributed by atoms with Gasteiger partial charge in [-0.3, -0.25) is 9.58 Å². The van der Waals surface area contributed by atoms with Crippen LogP contribution in [0.25, 0.3) is 0 Å². The molecule has 2 aromatic rings. The molecule has 0 saturated heterocycles. The molecule has 1 aromatic carbocycles. The molecule has 0 aliphatic rings. The van der Waals surface area contributed by atoms with Crippen LogP contribution in [0.4, 0.5) is 0 Å². The Bertz CT molecular complexity index is 492. The van der Waals surface area contributed by atoms with Gasteiger partial charge in [-0.05, 0) is 18.6 Å². The second kappa shape index (κ2) is 6.50. The molecule has 2 rings (SSSR count). The second-order valence-corrected chi connectivity index (χ2v) is 4.80. The van der Waals surface area contributed by atoms with Crippen LogP contribution in [0, 0.1) is 0 Å². The summed E-state index contributed by atoms with van der Waals surface area (Å²) in [5, 5.41) is 4.25. The average Bonchev–Trinajstić information content (AvgIpc) is 2.85. The zero-order valence-corrected chi connectivity index (χ0v) is 11.7. The number of hydrogen-bond acceptors (Lipinski definition) is 3. The largest absolute Gasteiger partial charge is 0.329 e. The molecule has 4 nitrogen and oxygen atoms in total. The number of nitrogens with zero attached hydrogens (tertiary/aromatic N) is 3. The van der Waals surface area contributed by atoms with E-state index in [4.69, 9.17) is 5.73 Å². The van der Waals surface area contributed by atoms with Crippen molar-refractivity contribution in [1.29, 1.82) is 0 Å². The maximum absolute atomic E-state index is 5.75. The Morgan fingerprint density at radius 2 is 2.00 bits per heavy atom. The van der Waals surface area contributed by atoms with E-state index >= 15 is 0 Å². The number of nitrogens with two attached hydrogens (primary N) is 1. The molecule has 2 N–H and O–H groups in total. The summed E-state index contributed by atoms with van der Waals surface area (Å²) < 4.78 is 1.93. The summed E-state index contributed by atoms with van der Waals surface area (Å²) in [6, 6.07) is 12.9. The SMILES string of the molecule is CC(c1ccnn1C)N(CCN)Cc1ccccc1. The van der Waals surface area contributed by atoms with Crippen LogP contribution >= 0.6 is 0 Å². The lowest BCUT2D eigenvalue weighted by molar-refractivity contribution is 0.200. The van der Waals surface area contributed by atoms with E-state index in [1.165, 1.54) is 11.3 Å². The molecule has 102 valence electrons. The minimum absolute atomic E-state index is 0.302. The summed E-state index contributed by atoms with van der Waals surface area (Å²) in [5.74, 6) is 0. The summed E-state index contributed by atoms with van der Waals surface area (Å²) in [6.07, 6.45) is 1.84. The molecule has 4 heteroatoms. The third kappa shape index (κ3) is 3.43. The van der Waals surface area contributed by atoms with Gasteiger partial charge < -0.3 is 5.73 Å². The maximum atomic E-state index is 5.75. The third-order valence-electron chi connectivity index (χ3n) is 3.48. The monoisotopic (exact) mass is 258 g/mol. The molecule has 0 aliphatic heterocycles. The third-order valence-corrected chi connectivity index (χ3v) is 3.48. The number of rotatable bonds is 6. The van der Waals surface area contributed by atoms with Gasteiger partial charge in [0, 0.05) is 38.9 Å². The lowest BCUT2D eigenvalue weighted by Crippen LogP contribution is -2.32. The van der Waals surface area contributed by atoms with Gasteiger partial charge in [-0.2, -0.15) is 5.10 Å². The van der Waals surface area contributed by atoms with Crippen molar-refractivity contribution in [3.8, 4) is 0 Å². The van der Waals surface area contributed by atoms with Crippen molar-refractivity contribution in [2.75, 3.05) is 13.1 Å². The van der Waals surface area contributed by atoms with Gasteiger partial charge in [-0.15, -0.1) is 0 Å². The molecule has 1 aromatic heterocycles. The number of benzene rings is 1. The van der Waals surface area contributed by atoms with Crippen LogP contribution in [0.15, 0.2) is 42.6 Å². The molecule has 19 heavy (non-hydrogen) atoms. The van der Waals surface area contributed by atoms with Gasteiger partial charge in [0.1, 0.15) is 0 Å². The van der Waals surface area contributed by atoms with Gasteiger partial charge in [0.25, 0.3) is 0 Å². The number of aromatic nitrogens is 2. The minimum atomic E-state index is 0.302. The van der Waals surface area contributed by atoms with Gasteiger partial charge in [0.15, 0.2) is 0 Å². The smallest absolute Gasteiger partial charge is 0.0549 e. The summed E-state index contributed by atoms with van der Waals surface area (Å²) >= 11 is 0. The maximum Gasteiger partial charge on any atom is 0.0549 e. The fourth-order valence-corrected chi connectivity index (χ4v) is 2.37. The van der Waals surface area contributed by atoms with E-state index in [9.17, 15) is 0 Å². The van der Waals surface area contributed by atoms with Crippen molar-refractivity contribution in [2.45, 2.75) is 19.5 Å². The zero-order valence-electron chi connectivity index (χ0n) is 11.7. The molecular formula is C15H22N4. The molecule has 0 bridgehead atoms. The first-order valence-electron chi connectivity index (χ1n) is 6.68. The van der Waals surface area contributed by atoms with Crippen molar-refractivity contribution >= 4 is 0 Å². The molecule has 1 heterocycles. The van der Waals surface area contributed by atoms with Gasteiger partial charge >= 0.3 is 0 Å². The highest BCUT2D eigenvalue weighted by Crippen LogP contribution is 2.21. The Kier molecular flexibility index (Phi) is 4.71. The van der Waals surface area contributed by atoms with E-state index in [0.717, 1.165) is 13.1 Å². The molecule has 0 aliphatic carbocycles. The Morgan fingerprint density at radius 3 is 2.58 bits per heavy atom. The highest BCUT2D eigenvalue weighted by atomic mass is 15.3. The topological polar surface area (TPSA) is 47.1 Å². The van der Waals surface area contributed by atoms with Gasteiger partial charge in [-0.25, -0.2) is 0 Å². The van der Waals surface area contributed by atoms with Crippen molar-refractivity contribution in [3.05, 3.63) is 53.9 Å². The van der Waals surface area contributed by atoms with E-state index in [0.29, 0.717) is 12.6 Å². The van der Waals surface area contributed by atoms with E-state index in [1.807, 2.05) is 24.0 Å². The second-order valence-electron chi connectivity index (χ2n) is 4.80. The predicted molar refractivity (Wildman–Crippen MR) is 77.5 cm³/mol. The van der Waals surface area contributed by atoms with Crippen LogP contribution in [-0.4, -0.2) is 27.8 Å². The van der Waals surface area contributed by atoms with Crippen molar-refractivity contribution in [3.63, 3.8) is 0 Å². The highest BCUT2D eigenvalue weighted by molar-refractivity contribution is 5.15. The zero-order chi connectivity index (χ0) is 13.7. The molecule has 0 saturated carbocycles. The summed E-state index contributed by atoms with van der Waals surface area (Å²) in [4.78, 5) is 2.38. The predicted octanol–water partition coefficient (Wildman–Crippen LogP) is 1.94. The first kappa shape index (κ1) is 13.8. The summed E-state index contributed by atoms with van der Waals surface area (Å²) in [5.41, 5.74) is 8.27. The van der Waals surface area contributed by atoms with Crippen LogP contribution in [0.3, 0.4) is 0 Å². The lowest BCUT2D eigenvalue weighted by Gasteiger charge is -2.28. The van der Waals surface area contributed by atoms with Crippen LogP contribution in [0.1, 0.15) is 24.2 Å². The van der Waals surface area contributed by atoms with Gasteiger partial charge in [-0.1, -0.05) is 30.3 Å². The van der Waals surface area contributed by atoms with E-state index in [-0.39, 0.29) is 0 Å². The number of hydrogen-bond donors (Lipinski definition) is 1. The lowest BCUT2D eigenvalue weighted by atomic mass is 10.1. The Labute approximate surface area is 114 Å². The van der Waals surface area contributed by atoms with Gasteiger partial charge in [0.2, 0.25) is 0 Å². The Morgan fingerprint density at radius 1 is 1.26 bits per heavy atom. The normalized spacial score (nSPS) is 12.8. The molecule has 0 spiro atoms. The average molecular weight is 258 g/mol. The minimum Gasteiger partial charge on any atom is -0.329 e. The van der Waals surface area contributed by atoms with Crippen LogP contribution in [0.2, 0.25) is 0 Å². The van der Waals surface area contributed by atoms with E-state index in [2.05, 4.69) is 47.3 Å². The first-order chi connectivity index (χ1) is 9.22. The van der Waals surface area contributed by atoms with Crippen molar-refractivity contribution < 1.29 is 0 Å². The van der Waals surface area contributed by atoms with Crippen LogP contribution in [-0.2, 0) is 13.6 Å². The molecule has 0 amide bonds. The molecule has 0 fully saturated rings. The van der Waals surface area contributed by atoms with Gasteiger partial charge in [0.05, 0.1) is 5.69 Å². The Balaban J connectivity index is 2.13. The number of aryl methyl sites for hydroxylation is 1. The van der Waals surface area contributed by atoms with Crippen molar-refractivity contribution in [1.82, 2.24) is 14.7 Å². The van der Waals surface area contributed by atoms with E-state index in [1.54, 1.807) is 0 Å². The van der Waals surface area contributed by atoms with Crippen molar-refractivity contribution in [2.24, 2.45) is 12.8 Å². The first-order valence-corrected chi connectivity index (χ1v) is 6.68. The summed E-state index contributed by atoms with van der Waals surface area (Å²) in [7, 11) is 1.98. The van der Waals surface area contributed by atoms with Crippen LogP contribution in [0.5, 0.6) is 0 Å². The molecule has 1 unspecified atom stereocenters. The van der Waals surface area contributed by atoms with Crippen LogP contribution < -0.4 is 5.73 Å². The standard InChI is InChI=1S/C15H22N4/c1-13(15-8-10-17-18(15)2)19(11-9-16)12-14-6-4-3-5-7-14/h3-8,10,13H,9,11-12,16H2,1-2H3. The quantitative estimate of drug-likeness (QED) is 0.861. The Hall–Kier alpha value is -1.65.